The fourth-order valence-electron chi connectivity index (χ4n) is 3.25. The number of halogens is 2. The molecule has 0 saturated carbocycles. The van der Waals surface area contributed by atoms with E-state index in [1.165, 1.54) is 16.4 Å². The molecule has 1 aliphatic rings. The molecule has 0 saturated heterocycles. The summed E-state index contributed by atoms with van der Waals surface area (Å²) in [5.74, 6) is -0.542. The number of thiophene rings is 1. The van der Waals surface area contributed by atoms with Gasteiger partial charge in [0.15, 0.2) is 0 Å². The van der Waals surface area contributed by atoms with E-state index in [2.05, 4.69) is 5.32 Å². The molecule has 2 aromatic carbocycles. The number of hydrogen-bond acceptors (Lipinski definition) is 4. The second kappa shape index (κ2) is 8.08. The first kappa shape index (κ1) is 20.4. The molecule has 0 radical (unpaired) electrons. The molecule has 0 fully saturated rings. The molecule has 4 rings (SSSR count). The van der Waals surface area contributed by atoms with Gasteiger partial charge in [-0.05, 0) is 47.2 Å². The highest BCUT2D eigenvalue weighted by atomic mass is 35.5. The van der Waals surface area contributed by atoms with Crippen LogP contribution in [0, 0.1) is 0 Å². The van der Waals surface area contributed by atoms with Gasteiger partial charge in [-0.1, -0.05) is 47.5 Å². The quantitative estimate of drug-likeness (QED) is 0.584. The fourth-order valence-corrected chi connectivity index (χ4v) is 6.30. The predicted molar refractivity (Wildman–Crippen MR) is 116 cm³/mol. The Morgan fingerprint density at radius 3 is 2.62 bits per heavy atom. The van der Waals surface area contributed by atoms with Gasteiger partial charge in [0.05, 0.1) is 10.7 Å². The third kappa shape index (κ3) is 4.06. The zero-order valence-corrected chi connectivity index (χ0v) is 18.2. The van der Waals surface area contributed by atoms with E-state index in [1.807, 2.05) is 24.3 Å². The molecule has 0 atom stereocenters. The molecule has 1 aliphatic heterocycles. The maximum atomic E-state index is 13.3. The summed E-state index contributed by atoms with van der Waals surface area (Å²) in [6.07, 6.45) is 0.638. The van der Waals surface area contributed by atoms with Crippen molar-refractivity contribution in [1.29, 1.82) is 0 Å². The van der Waals surface area contributed by atoms with Crippen molar-refractivity contribution in [2.45, 2.75) is 17.9 Å². The van der Waals surface area contributed by atoms with E-state index in [-0.39, 0.29) is 16.3 Å². The van der Waals surface area contributed by atoms with Gasteiger partial charge < -0.3 is 5.32 Å². The van der Waals surface area contributed by atoms with E-state index < -0.39 is 15.9 Å². The molecule has 1 aromatic heterocycles. The Morgan fingerprint density at radius 2 is 1.83 bits per heavy atom. The Morgan fingerprint density at radius 1 is 1.07 bits per heavy atom. The summed E-state index contributed by atoms with van der Waals surface area (Å²) in [6, 6.07) is 13.9. The van der Waals surface area contributed by atoms with Crippen LogP contribution in [0.4, 0.5) is 5.69 Å². The SMILES string of the molecule is O=C(Nc1cc(Cl)ccc1Cl)c1sccc1S(=O)(=O)N1CCc2ccccc2C1. The standard InChI is InChI=1S/C20H16Cl2N2O3S2/c21-15-5-6-16(22)17(11-15)23-20(25)19-18(8-10-28-19)29(26,27)24-9-7-13-3-1-2-4-14(13)12-24/h1-6,8,10-11H,7,9,12H2,(H,23,25). The molecular formula is C20H16Cl2N2O3S2. The number of sulfonamides is 1. The van der Waals surface area contributed by atoms with Crippen LogP contribution < -0.4 is 5.32 Å². The number of benzene rings is 2. The van der Waals surface area contributed by atoms with E-state index in [0.717, 1.165) is 22.5 Å². The maximum Gasteiger partial charge on any atom is 0.267 e. The maximum absolute atomic E-state index is 13.3. The highest BCUT2D eigenvalue weighted by molar-refractivity contribution is 7.89. The Balaban J connectivity index is 1.61. The Kier molecular flexibility index (Phi) is 5.68. The highest BCUT2D eigenvalue weighted by Gasteiger charge is 2.32. The van der Waals surface area contributed by atoms with Crippen molar-refractivity contribution < 1.29 is 13.2 Å². The summed E-state index contributed by atoms with van der Waals surface area (Å²) < 4.78 is 27.9. The van der Waals surface area contributed by atoms with Crippen LogP contribution in [0.1, 0.15) is 20.8 Å². The summed E-state index contributed by atoms with van der Waals surface area (Å²) in [5, 5.41) is 4.98. The van der Waals surface area contributed by atoms with Crippen molar-refractivity contribution in [3.63, 3.8) is 0 Å². The van der Waals surface area contributed by atoms with Gasteiger partial charge in [-0.3, -0.25) is 4.79 Å². The first-order chi connectivity index (χ1) is 13.9. The van der Waals surface area contributed by atoms with Crippen LogP contribution in [0.2, 0.25) is 10.0 Å². The third-order valence-electron chi connectivity index (χ3n) is 4.73. The average Bonchev–Trinajstić information content (AvgIpc) is 3.21. The third-order valence-corrected chi connectivity index (χ3v) is 8.22. The van der Waals surface area contributed by atoms with Gasteiger partial charge in [0.2, 0.25) is 10.0 Å². The first-order valence-electron chi connectivity index (χ1n) is 8.77. The molecule has 1 amide bonds. The van der Waals surface area contributed by atoms with Crippen molar-refractivity contribution in [1.82, 2.24) is 4.31 Å². The number of rotatable bonds is 4. The fraction of sp³-hybridized carbons (Fsp3) is 0.150. The molecule has 1 N–H and O–H groups in total. The van der Waals surface area contributed by atoms with Crippen LogP contribution in [0.15, 0.2) is 58.8 Å². The molecule has 0 aliphatic carbocycles. The molecule has 2 heterocycles. The largest absolute Gasteiger partial charge is 0.320 e. The van der Waals surface area contributed by atoms with E-state index in [4.69, 9.17) is 23.2 Å². The van der Waals surface area contributed by atoms with Gasteiger partial charge in [-0.15, -0.1) is 11.3 Å². The van der Waals surface area contributed by atoms with Crippen molar-refractivity contribution in [3.8, 4) is 0 Å². The Hall–Kier alpha value is -1.90. The first-order valence-corrected chi connectivity index (χ1v) is 11.8. The Labute approximate surface area is 182 Å². The van der Waals surface area contributed by atoms with Crippen LogP contribution in [-0.4, -0.2) is 25.2 Å². The number of nitrogens with zero attached hydrogens (tertiary/aromatic N) is 1. The molecule has 3 aromatic rings. The van der Waals surface area contributed by atoms with Crippen LogP contribution in [0.5, 0.6) is 0 Å². The van der Waals surface area contributed by atoms with Gasteiger partial charge in [-0.25, -0.2) is 8.42 Å². The van der Waals surface area contributed by atoms with Gasteiger partial charge in [-0.2, -0.15) is 4.31 Å². The normalized spacial score (nSPS) is 14.4. The zero-order chi connectivity index (χ0) is 20.6. The second-order valence-electron chi connectivity index (χ2n) is 6.55. The number of nitrogens with one attached hydrogen (secondary N) is 1. The number of amides is 1. The van der Waals surface area contributed by atoms with Gasteiger partial charge >= 0.3 is 0 Å². The second-order valence-corrected chi connectivity index (χ2v) is 10.2. The minimum Gasteiger partial charge on any atom is -0.320 e. The highest BCUT2D eigenvalue weighted by Crippen LogP contribution is 2.31. The van der Waals surface area contributed by atoms with Crippen molar-refractivity contribution in [2.75, 3.05) is 11.9 Å². The number of fused-ring (bicyclic) bond motifs is 1. The van der Waals surface area contributed by atoms with Crippen LogP contribution in [-0.2, 0) is 23.0 Å². The summed E-state index contributed by atoms with van der Waals surface area (Å²) in [5.41, 5.74) is 2.46. The lowest BCUT2D eigenvalue weighted by Gasteiger charge is -2.28. The number of carbonyl (C=O) groups is 1. The van der Waals surface area contributed by atoms with Crippen molar-refractivity contribution >= 4 is 56.2 Å². The van der Waals surface area contributed by atoms with Gasteiger partial charge in [0.1, 0.15) is 9.77 Å². The topological polar surface area (TPSA) is 66.5 Å². The van der Waals surface area contributed by atoms with Crippen LogP contribution in [0.3, 0.4) is 0 Å². The molecule has 0 bridgehead atoms. The monoisotopic (exact) mass is 466 g/mol. The van der Waals surface area contributed by atoms with E-state index >= 15 is 0 Å². The van der Waals surface area contributed by atoms with Crippen LogP contribution >= 0.6 is 34.5 Å². The molecule has 29 heavy (non-hydrogen) atoms. The minimum atomic E-state index is -3.82. The summed E-state index contributed by atoms with van der Waals surface area (Å²) in [4.78, 5) is 12.9. The average molecular weight is 467 g/mol. The van der Waals surface area contributed by atoms with E-state index in [9.17, 15) is 13.2 Å². The summed E-state index contributed by atoms with van der Waals surface area (Å²) in [6.45, 7) is 0.659. The molecule has 5 nitrogen and oxygen atoms in total. The van der Waals surface area contributed by atoms with Crippen molar-refractivity contribution in [3.05, 3.63) is 80.0 Å². The smallest absolute Gasteiger partial charge is 0.267 e. The van der Waals surface area contributed by atoms with E-state index in [1.54, 1.807) is 17.5 Å². The Bertz CT molecular complexity index is 1190. The van der Waals surface area contributed by atoms with Crippen LogP contribution in [0.25, 0.3) is 0 Å². The lowest BCUT2D eigenvalue weighted by molar-refractivity contribution is 0.102. The lowest BCUT2D eigenvalue weighted by atomic mass is 10.0. The zero-order valence-electron chi connectivity index (χ0n) is 15.1. The number of hydrogen-bond donors (Lipinski definition) is 1. The molecule has 150 valence electrons. The van der Waals surface area contributed by atoms with Crippen molar-refractivity contribution in [2.24, 2.45) is 0 Å². The van der Waals surface area contributed by atoms with Gasteiger partial charge in [0.25, 0.3) is 5.91 Å². The minimum absolute atomic E-state index is 0.00229. The number of anilines is 1. The number of carbonyl (C=O) groups excluding carboxylic acids is 1. The van der Waals surface area contributed by atoms with Gasteiger partial charge in [0, 0.05) is 18.1 Å². The molecular weight excluding hydrogens is 451 g/mol. The summed E-state index contributed by atoms with van der Waals surface area (Å²) >= 11 is 13.1. The lowest BCUT2D eigenvalue weighted by Crippen LogP contribution is -2.36. The molecule has 9 heteroatoms. The predicted octanol–water partition coefficient (Wildman–Crippen LogP) is 5.05. The molecule has 0 unspecified atom stereocenters. The van der Waals surface area contributed by atoms with E-state index in [0.29, 0.717) is 28.7 Å². The summed E-state index contributed by atoms with van der Waals surface area (Å²) in [7, 11) is -3.82. The molecule has 0 spiro atoms.